The fourth-order valence-electron chi connectivity index (χ4n) is 3.70. The van der Waals surface area contributed by atoms with Gasteiger partial charge in [-0.25, -0.2) is 0 Å². The van der Waals surface area contributed by atoms with Gasteiger partial charge in [0.25, 0.3) is 0 Å². The van der Waals surface area contributed by atoms with Crippen LogP contribution in [0.3, 0.4) is 0 Å². The molecule has 4 nitrogen and oxygen atoms in total. The molecule has 0 unspecified atom stereocenters. The average molecular weight is 372 g/mol. The van der Waals surface area contributed by atoms with Crippen molar-refractivity contribution in [1.82, 2.24) is 9.80 Å². The van der Waals surface area contributed by atoms with Gasteiger partial charge in [0.05, 0.1) is 6.04 Å². The molecule has 1 aliphatic rings. The number of hydrogen-bond acceptors (Lipinski definition) is 4. The Morgan fingerprint density at radius 1 is 1.15 bits per heavy atom. The number of rotatable bonds is 5. The summed E-state index contributed by atoms with van der Waals surface area (Å²) < 4.78 is 0. The molecule has 1 amide bonds. The number of piperazine rings is 1. The van der Waals surface area contributed by atoms with Crippen molar-refractivity contribution in [3.05, 3.63) is 51.2 Å². The van der Waals surface area contributed by atoms with E-state index in [0.717, 1.165) is 49.5 Å². The minimum Gasteiger partial charge on any atom is -0.324 e. The van der Waals surface area contributed by atoms with Crippen LogP contribution in [-0.2, 0) is 11.3 Å². The van der Waals surface area contributed by atoms with Crippen molar-refractivity contribution in [2.24, 2.45) is 0 Å². The topological polar surface area (TPSA) is 35.6 Å². The normalized spacial score (nSPS) is 17.2. The van der Waals surface area contributed by atoms with Gasteiger partial charge >= 0.3 is 0 Å². The second-order valence-electron chi connectivity index (χ2n) is 7.33. The van der Waals surface area contributed by atoms with E-state index in [1.165, 1.54) is 10.4 Å². The zero-order chi connectivity index (χ0) is 18.7. The summed E-state index contributed by atoms with van der Waals surface area (Å²) in [7, 11) is 0. The molecule has 0 spiro atoms. The molecule has 1 saturated heterocycles. The Labute approximate surface area is 160 Å². The fourth-order valence-corrected chi connectivity index (χ4v) is 4.45. The molecule has 1 fully saturated rings. The number of hydrogen-bond donors (Lipinski definition) is 1. The van der Waals surface area contributed by atoms with Crippen molar-refractivity contribution in [1.29, 1.82) is 0 Å². The number of nitrogens with one attached hydrogen (secondary N) is 1. The van der Waals surface area contributed by atoms with Crippen molar-refractivity contribution in [2.45, 2.75) is 40.3 Å². The van der Waals surface area contributed by atoms with Crippen LogP contribution in [0.5, 0.6) is 0 Å². The number of amides is 1. The largest absolute Gasteiger partial charge is 0.324 e. The Kier molecular flexibility index (Phi) is 6.12. The highest BCUT2D eigenvalue weighted by Crippen LogP contribution is 2.22. The maximum absolute atomic E-state index is 12.8. The summed E-state index contributed by atoms with van der Waals surface area (Å²) in [6, 6.07) is 8.43. The molecule has 26 heavy (non-hydrogen) atoms. The van der Waals surface area contributed by atoms with E-state index in [4.69, 9.17) is 0 Å². The van der Waals surface area contributed by atoms with Crippen molar-refractivity contribution >= 4 is 22.9 Å². The van der Waals surface area contributed by atoms with Crippen molar-refractivity contribution in [2.75, 3.05) is 31.5 Å². The third-order valence-corrected chi connectivity index (χ3v) is 6.08. The Balaban J connectivity index is 1.55. The Bertz CT molecular complexity index is 726. The van der Waals surface area contributed by atoms with E-state index in [0.29, 0.717) is 0 Å². The van der Waals surface area contributed by atoms with Crippen LogP contribution >= 0.6 is 11.3 Å². The number of anilines is 1. The molecular formula is C21H29N3OS. The molecule has 0 radical (unpaired) electrons. The van der Waals surface area contributed by atoms with Crippen molar-refractivity contribution < 1.29 is 4.79 Å². The summed E-state index contributed by atoms with van der Waals surface area (Å²) in [4.78, 5) is 19.0. The molecule has 1 N–H and O–H groups in total. The SMILES string of the molecule is Cc1cc(C)c(NC(=O)[C@H](C)N2CCN(Cc3cccs3)CC2)c(C)c1. The first-order valence-corrected chi connectivity index (χ1v) is 10.2. The highest BCUT2D eigenvalue weighted by molar-refractivity contribution is 7.09. The highest BCUT2D eigenvalue weighted by atomic mass is 32.1. The zero-order valence-electron chi connectivity index (χ0n) is 16.2. The minimum absolute atomic E-state index is 0.0896. The lowest BCUT2D eigenvalue weighted by molar-refractivity contribution is -0.121. The summed E-state index contributed by atoms with van der Waals surface area (Å²) in [5.41, 5.74) is 4.45. The maximum atomic E-state index is 12.8. The third-order valence-electron chi connectivity index (χ3n) is 5.22. The first kappa shape index (κ1) is 19.1. The highest BCUT2D eigenvalue weighted by Gasteiger charge is 2.26. The Hall–Kier alpha value is -1.69. The number of aryl methyl sites for hydroxylation is 3. The number of nitrogens with zero attached hydrogens (tertiary/aromatic N) is 2. The maximum Gasteiger partial charge on any atom is 0.241 e. The van der Waals surface area contributed by atoms with Gasteiger partial charge in [-0.3, -0.25) is 14.6 Å². The minimum atomic E-state index is -0.112. The summed E-state index contributed by atoms with van der Waals surface area (Å²) in [6.07, 6.45) is 0. The van der Waals surface area contributed by atoms with Gasteiger partial charge in [-0.15, -0.1) is 11.3 Å². The van der Waals surface area contributed by atoms with E-state index in [1.54, 1.807) is 0 Å². The van der Waals surface area contributed by atoms with Crippen molar-refractivity contribution in [3.63, 3.8) is 0 Å². The van der Waals surface area contributed by atoms with Crippen LogP contribution in [0.15, 0.2) is 29.6 Å². The summed E-state index contributed by atoms with van der Waals surface area (Å²) in [6.45, 7) is 13.1. The van der Waals surface area contributed by atoms with Gasteiger partial charge in [-0.1, -0.05) is 23.8 Å². The van der Waals surface area contributed by atoms with Crippen LogP contribution < -0.4 is 5.32 Å². The summed E-state index contributed by atoms with van der Waals surface area (Å²) >= 11 is 1.81. The smallest absolute Gasteiger partial charge is 0.241 e. The predicted molar refractivity (Wildman–Crippen MR) is 110 cm³/mol. The molecule has 2 heterocycles. The number of thiophene rings is 1. The van der Waals surface area contributed by atoms with Gasteiger partial charge in [-0.2, -0.15) is 0 Å². The lowest BCUT2D eigenvalue weighted by Gasteiger charge is -2.37. The van der Waals surface area contributed by atoms with Gasteiger partial charge in [0.15, 0.2) is 0 Å². The molecule has 5 heteroatoms. The Morgan fingerprint density at radius 3 is 2.38 bits per heavy atom. The molecule has 0 bridgehead atoms. The molecule has 1 atom stereocenters. The number of benzene rings is 1. The van der Waals surface area contributed by atoms with Gasteiger partial charge in [0.1, 0.15) is 0 Å². The molecule has 140 valence electrons. The van der Waals surface area contributed by atoms with Crippen LogP contribution in [0.25, 0.3) is 0 Å². The fraction of sp³-hybridized carbons (Fsp3) is 0.476. The zero-order valence-corrected chi connectivity index (χ0v) is 17.0. The second-order valence-corrected chi connectivity index (χ2v) is 8.36. The van der Waals surface area contributed by atoms with E-state index in [2.05, 4.69) is 65.5 Å². The number of carbonyl (C=O) groups excluding carboxylic acids is 1. The summed E-state index contributed by atoms with van der Waals surface area (Å²) in [5, 5.41) is 5.29. The van der Waals surface area contributed by atoms with Gasteiger partial charge in [-0.05, 0) is 50.3 Å². The molecule has 1 aromatic heterocycles. The van der Waals surface area contributed by atoms with E-state index in [1.807, 2.05) is 18.3 Å². The molecule has 3 rings (SSSR count). The first-order chi connectivity index (χ1) is 12.4. The molecular weight excluding hydrogens is 342 g/mol. The standard InChI is InChI=1S/C21H29N3OS/c1-15-12-16(2)20(17(3)13-15)22-21(25)18(4)24-9-7-23(8-10-24)14-19-6-5-11-26-19/h5-6,11-13,18H,7-10,14H2,1-4H3,(H,22,25)/t18-/m0/s1. The molecule has 0 saturated carbocycles. The van der Waals surface area contributed by atoms with Crippen LogP contribution in [0.1, 0.15) is 28.5 Å². The van der Waals surface area contributed by atoms with Gasteiger partial charge in [0, 0.05) is 43.3 Å². The average Bonchev–Trinajstić information content (AvgIpc) is 3.11. The van der Waals surface area contributed by atoms with Crippen LogP contribution in [0, 0.1) is 20.8 Å². The molecule has 2 aromatic rings. The van der Waals surface area contributed by atoms with E-state index < -0.39 is 0 Å². The molecule has 1 aliphatic heterocycles. The van der Waals surface area contributed by atoms with Gasteiger partial charge in [0.2, 0.25) is 5.91 Å². The first-order valence-electron chi connectivity index (χ1n) is 9.31. The van der Waals surface area contributed by atoms with E-state index >= 15 is 0 Å². The van der Waals surface area contributed by atoms with Crippen molar-refractivity contribution in [3.8, 4) is 0 Å². The number of carbonyl (C=O) groups is 1. The molecule has 1 aromatic carbocycles. The third kappa shape index (κ3) is 4.53. The van der Waals surface area contributed by atoms with E-state index in [-0.39, 0.29) is 11.9 Å². The van der Waals surface area contributed by atoms with Gasteiger partial charge < -0.3 is 5.32 Å². The lowest BCUT2D eigenvalue weighted by atomic mass is 10.0. The quantitative estimate of drug-likeness (QED) is 0.868. The lowest BCUT2D eigenvalue weighted by Crippen LogP contribution is -2.52. The second kappa shape index (κ2) is 8.33. The Morgan fingerprint density at radius 2 is 1.81 bits per heavy atom. The predicted octanol–water partition coefficient (Wildman–Crippen LogP) is 3.82. The van der Waals surface area contributed by atoms with Crippen LogP contribution in [0.2, 0.25) is 0 Å². The monoisotopic (exact) mass is 371 g/mol. The summed E-state index contributed by atoms with van der Waals surface area (Å²) in [5.74, 6) is 0.0896. The molecule has 0 aliphatic carbocycles. The van der Waals surface area contributed by atoms with E-state index in [9.17, 15) is 4.79 Å². The van der Waals surface area contributed by atoms with Crippen LogP contribution in [-0.4, -0.2) is 47.9 Å². The van der Waals surface area contributed by atoms with Crippen LogP contribution in [0.4, 0.5) is 5.69 Å².